The van der Waals surface area contributed by atoms with Crippen molar-refractivity contribution < 1.29 is 13.2 Å². The van der Waals surface area contributed by atoms with E-state index in [9.17, 15) is 13.2 Å². The Morgan fingerprint density at radius 2 is 2.00 bits per heavy atom. The lowest BCUT2D eigenvalue weighted by Crippen LogP contribution is -2.34. The van der Waals surface area contributed by atoms with E-state index in [0.717, 1.165) is 18.2 Å². The van der Waals surface area contributed by atoms with Crippen LogP contribution in [0.3, 0.4) is 0 Å². The molecular formula is C14H22N2O3S. The van der Waals surface area contributed by atoms with Gasteiger partial charge in [-0.1, -0.05) is 13.0 Å². The number of amides is 1. The van der Waals surface area contributed by atoms with Gasteiger partial charge in [-0.05, 0) is 38.0 Å². The van der Waals surface area contributed by atoms with Gasteiger partial charge in [-0.15, -0.1) is 0 Å². The van der Waals surface area contributed by atoms with Gasteiger partial charge in [0, 0.05) is 18.0 Å². The van der Waals surface area contributed by atoms with Crippen LogP contribution in [0.15, 0.2) is 23.1 Å². The molecule has 2 N–H and O–H groups in total. The molecule has 0 heterocycles. The van der Waals surface area contributed by atoms with Gasteiger partial charge in [-0.2, -0.15) is 0 Å². The van der Waals surface area contributed by atoms with Crippen molar-refractivity contribution in [2.75, 3.05) is 18.1 Å². The summed E-state index contributed by atoms with van der Waals surface area (Å²) in [7, 11) is -3.27. The molecule has 1 rings (SSSR count). The van der Waals surface area contributed by atoms with Gasteiger partial charge in [0.15, 0.2) is 9.84 Å². The molecule has 0 bridgehead atoms. The van der Waals surface area contributed by atoms with E-state index in [0.29, 0.717) is 5.69 Å². The van der Waals surface area contributed by atoms with E-state index < -0.39 is 9.84 Å². The minimum Gasteiger partial charge on any atom is -0.325 e. The molecular weight excluding hydrogens is 276 g/mol. The molecule has 1 atom stereocenters. The topological polar surface area (TPSA) is 75.3 Å². The Balaban J connectivity index is 2.79. The number of carbonyl (C=O) groups excluding carboxylic acids is 1. The first-order valence-electron chi connectivity index (χ1n) is 6.58. The molecule has 1 aromatic carbocycles. The molecule has 0 radical (unpaired) electrons. The van der Waals surface area contributed by atoms with Crippen LogP contribution in [0.5, 0.6) is 0 Å². The summed E-state index contributed by atoms with van der Waals surface area (Å²) in [4.78, 5) is 12.0. The summed E-state index contributed by atoms with van der Waals surface area (Å²) >= 11 is 0. The highest BCUT2D eigenvalue weighted by Gasteiger charge is 2.11. The largest absolute Gasteiger partial charge is 0.325 e. The quantitative estimate of drug-likeness (QED) is 0.838. The Kier molecular flexibility index (Phi) is 5.71. The van der Waals surface area contributed by atoms with Crippen LogP contribution < -0.4 is 10.6 Å². The van der Waals surface area contributed by atoms with Gasteiger partial charge in [0.25, 0.3) is 0 Å². The van der Waals surface area contributed by atoms with Crippen molar-refractivity contribution in [3.8, 4) is 0 Å². The van der Waals surface area contributed by atoms with Crippen LogP contribution in [0.1, 0.15) is 25.8 Å². The standard InChI is InChI=1S/C14H22N2O3S/c1-5-11(3)15-9-14(17)16-13-8-12(20(4,18)19)7-6-10(13)2/h6-8,11,15H,5,9H2,1-4H3,(H,16,17). The van der Waals surface area contributed by atoms with Crippen LogP contribution >= 0.6 is 0 Å². The van der Waals surface area contributed by atoms with Gasteiger partial charge in [-0.3, -0.25) is 4.79 Å². The summed E-state index contributed by atoms with van der Waals surface area (Å²) < 4.78 is 23.0. The number of anilines is 1. The molecule has 5 nitrogen and oxygen atoms in total. The predicted molar refractivity (Wildman–Crippen MR) is 80.7 cm³/mol. The Morgan fingerprint density at radius 1 is 1.35 bits per heavy atom. The van der Waals surface area contributed by atoms with E-state index >= 15 is 0 Å². The van der Waals surface area contributed by atoms with Crippen molar-refractivity contribution in [1.29, 1.82) is 0 Å². The van der Waals surface area contributed by atoms with Gasteiger partial charge in [0.1, 0.15) is 0 Å². The number of hydrogen-bond donors (Lipinski definition) is 2. The maximum absolute atomic E-state index is 11.8. The summed E-state index contributed by atoms with van der Waals surface area (Å²) in [6, 6.07) is 4.99. The number of aryl methyl sites for hydroxylation is 1. The lowest BCUT2D eigenvalue weighted by molar-refractivity contribution is -0.115. The Bertz CT molecular complexity index is 582. The maximum Gasteiger partial charge on any atom is 0.238 e. The van der Waals surface area contributed by atoms with Crippen LogP contribution in [0.25, 0.3) is 0 Å². The fourth-order valence-corrected chi connectivity index (χ4v) is 2.22. The smallest absolute Gasteiger partial charge is 0.238 e. The van der Waals surface area contributed by atoms with E-state index in [-0.39, 0.29) is 23.4 Å². The summed E-state index contributed by atoms with van der Waals surface area (Å²) in [5.74, 6) is -0.181. The fourth-order valence-electron chi connectivity index (χ4n) is 1.57. The average Bonchev–Trinajstić information content (AvgIpc) is 2.37. The zero-order chi connectivity index (χ0) is 15.3. The van der Waals surface area contributed by atoms with Crippen LogP contribution in [0, 0.1) is 6.92 Å². The van der Waals surface area contributed by atoms with Gasteiger partial charge < -0.3 is 10.6 Å². The summed E-state index contributed by atoms with van der Waals surface area (Å²) in [5.41, 5.74) is 1.36. The normalized spacial score (nSPS) is 13.0. The Labute approximate surface area is 120 Å². The molecule has 20 heavy (non-hydrogen) atoms. The maximum atomic E-state index is 11.8. The summed E-state index contributed by atoms with van der Waals surface area (Å²) in [6.07, 6.45) is 2.09. The van der Waals surface area contributed by atoms with Crippen molar-refractivity contribution in [1.82, 2.24) is 5.32 Å². The van der Waals surface area contributed by atoms with E-state index in [1.54, 1.807) is 6.07 Å². The molecule has 6 heteroatoms. The predicted octanol–water partition coefficient (Wildman–Crippen LogP) is 1.73. The van der Waals surface area contributed by atoms with E-state index in [4.69, 9.17) is 0 Å². The lowest BCUT2D eigenvalue weighted by atomic mass is 10.2. The molecule has 0 aliphatic carbocycles. The third-order valence-corrected chi connectivity index (χ3v) is 4.24. The fraction of sp³-hybridized carbons (Fsp3) is 0.500. The van der Waals surface area contributed by atoms with Gasteiger partial charge in [0.05, 0.1) is 11.4 Å². The molecule has 0 saturated carbocycles. The molecule has 0 saturated heterocycles. The van der Waals surface area contributed by atoms with E-state index in [1.165, 1.54) is 12.1 Å². The minimum atomic E-state index is -3.27. The van der Waals surface area contributed by atoms with Crippen molar-refractivity contribution >= 4 is 21.4 Å². The molecule has 0 aliphatic heterocycles. The first-order chi connectivity index (χ1) is 9.24. The first kappa shape index (κ1) is 16.7. The van der Waals surface area contributed by atoms with Crippen molar-refractivity contribution in [3.63, 3.8) is 0 Å². The number of carbonyl (C=O) groups is 1. The van der Waals surface area contributed by atoms with Gasteiger partial charge in [-0.25, -0.2) is 8.42 Å². The highest BCUT2D eigenvalue weighted by atomic mass is 32.2. The van der Waals surface area contributed by atoms with Crippen LogP contribution in [-0.2, 0) is 14.6 Å². The minimum absolute atomic E-state index is 0.181. The lowest BCUT2D eigenvalue weighted by Gasteiger charge is -2.13. The van der Waals surface area contributed by atoms with Crippen molar-refractivity contribution in [3.05, 3.63) is 23.8 Å². The van der Waals surface area contributed by atoms with Crippen LogP contribution in [0.4, 0.5) is 5.69 Å². The second-order valence-corrected chi connectivity index (χ2v) is 7.00. The molecule has 1 aromatic rings. The molecule has 0 aliphatic rings. The number of nitrogens with one attached hydrogen (secondary N) is 2. The second-order valence-electron chi connectivity index (χ2n) is 4.99. The molecule has 112 valence electrons. The van der Waals surface area contributed by atoms with Crippen LogP contribution in [-0.4, -0.2) is 33.2 Å². The first-order valence-corrected chi connectivity index (χ1v) is 8.47. The number of rotatable bonds is 6. The SMILES string of the molecule is CCC(C)NCC(=O)Nc1cc(S(C)(=O)=O)ccc1C. The molecule has 0 aromatic heterocycles. The number of sulfone groups is 1. The van der Waals surface area contributed by atoms with Gasteiger partial charge in [0.2, 0.25) is 5.91 Å². The Morgan fingerprint density at radius 3 is 2.55 bits per heavy atom. The number of benzene rings is 1. The highest BCUT2D eigenvalue weighted by Crippen LogP contribution is 2.20. The summed E-state index contributed by atoms with van der Waals surface area (Å²) in [5, 5.41) is 5.82. The number of hydrogen-bond acceptors (Lipinski definition) is 4. The summed E-state index contributed by atoms with van der Waals surface area (Å²) in [6.45, 7) is 6.07. The van der Waals surface area contributed by atoms with Crippen molar-refractivity contribution in [2.45, 2.75) is 38.1 Å². The average molecular weight is 298 g/mol. The second kappa shape index (κ2) is 6.85. The Hall–Kier alpha value is -1.40. The van der Waals surface area contributed by atoms with E-state index in [1.807, 2.05) is 20.8 Å². The third-order valence-electron chi connectivity index (χ3n) is 3.13. The molecule has 0 fully saturated rings. The monoisotopic (exact) mass is 298 g/mol. The van der Waals surface area contributed by atoms with E-state index in [2.05, 4.69) is 10.6 Å². The molecule has 0 spiro atoms. The van der Waals surface area contributed by atoms with Gasteiger partial charge >= 0.3 is 0 Å². The van der Waals surface area contributed by atoms with Crippen molar-refractivity contribution in [2.24, 2.45) is 0 Å². The zero-order valence-electron chi connectivity index (χ0n) is 12.4. The van der Waals surface area contributed by atoms with Crippen LogP contribution in [0.2, 0.25) is 0 Å². The molecule has 1 unspecified atom stereocenters. The zero-order valence-corrected chi connectivity index (χ0v) is 13.2. The molecule has 1 amide bonds. The highest BCUT2D eigenvalue weighted by molar-refractivity contribution is 7.90. The third kappa shape index (κ3) is 4.94.